The zero-order valence-corrected chi connectivity index (χ0v) is 13.5. The van der Waals surface area contributed by atoms with Gasteiger partial charge in [0.25, 0.3) is 5.91 Å². The van der Waals surface area contributed by atoms with E-state index in [4.69, 9.17) is 4.74 Å². The molecule has 1 aliphatic heterocycles. The van der Waals surface area contributed by atoms with Gasteiger partial charge in [-0.1, -0.05) is 6.07 Å². The number of anilines is 1. The number of nitrogens with one attached hydrogen (secondary N) is 1. The van der Waals surface area contributed by atoms with Crippen LogP contribution in [-0.2, 0) is 0 Å². The topological polar surface area (TPSA) is 51.2 Å². The van der Waals surface area contributed by atoms with Crippen LogP contribution in [-0.4, -0.2) is 28.5 Å². The van der Waals surface area contributed by atoms with Crippen LogP contribution in [0.2, 0.25) is 0 Å². The molecule has 1 aromatic heterocycles. The zero-order chi connectivity index (χ0) is 16.2. The number of carbonyl (C=O) groups is 1. The standard InChI is InChI=1S/C17H17FN2O2S/c1-11-4-5-12(9-15(11)18)20-16(21)14-3-2-7-19-17(14)22-13-6-8-23-10-13/h2-5,7,9,13H,6,8,10H2,1H3,(H,20,21). The molecule has 120 valence electrons. The van der Waals surface area contributed by atoms with Crippen LogP contribution in [0.1, 0.15) is 22.3 Å². The summed E-state index contributed by atoms with van der Waals surface area (Å²) in [4.78, 5) is 16.6. The van der Waals surface area contributed by atoms with Crippen molar-refractivity contribution in [3.63, 3.8) is 0 Å². The lowest BCUT2D eigenvalue weighted by Crippen LogP contribution is -2.20. The second-order valence-corrected chi connectivity index (χ2v) is 6.53. The van der Waals surface area contributed by atoms with Gasteiger partial charge in [0.05, 0.1) is 0 Å². The normalized spacial score (nSPS) is 17.0. The van der Waals surface area contributed by atoms with Gasteiger partial charge in [-0.05, 0) is 48.9 Å². The van der Waals surface area contributed by atoms with E-state index in [1.165, 1.54) is 6.07 Å². The van der Waals surface area contributed by atoms with E-state index in [0.29, 0.717) is 22.7 Å². The molecule has 1 saturated heterocycles. The molecule has 1 unspecified atom stereocenters. The summed E-state index contributed by atoms with van der Waals surface area (Å²) >= 11 is 1.83. The van der Waals surface area contributed by atoms with E-state index in [0.717, 1.165) is 17.9 Å². The fourth-order valence-corrected chi connectivity index (χ4v) is 3.38. The van der Waals surface area contributed by atoms with Crippen LogP contribution in [0.15, 0.2) is 36.5 Å². The van der Waals surface area contributed by atoms with Crippen molar-refractivity contribution in [2.45, 2.75) is 19.4 Å². The maximum Gasteiger partial charge on any atom is 0.261 e. The van der Waals surface area contributed by atoms with Gasteiger partial charge in [0, 0.05) is 17.6 Å². The Hall–Kier alpha value is -2.08. The third-order valence-electron chi connectivity index (χ3n) is 3.61. The molecular formula is C17H17FN2O2S. The number of thioether (sulfide) groups is 1. The summed E-state index contributed by atoms with van der Waals surface area (Å²) in [5, 5.41) is 2.69. The molecule has 1 aromatic carbocycles. The number of amides is 1. The van der Waals surface area contributed by atoms with Crippen molar-refractivity contribution >= 4 is 23.4 Å². The number of hydrogen-bond acceptors (Lipinski definition) is 4. The lowest BCUT2D eigenvalue weighted by Gasteiger charge is -2.14. The molecule has 1 fully saturated rings. The van der Waals surface area contributed by atoms with Gasteiger partial charge < -0.3 is 10.1 Å². The first-order chi connectivity index (χ1) is 11.1. The smallest absolute Gasteiger partial charge is 0.261 e. The molecule has 6 heteroatoms. The Morgan fingerprint density at radius 2 is 2.30 bits per heavy atom. The Morgan fingerprint density at radius 3 is 3.04 bits per heavy atom. The average Bonchev–Trinajstić information content (AvgIpc) is 3.04. The van der Waals surface area contributed by atoms with Crippen LogP contribution in [0, 0.1) is 12.7 Å². The minimum absolute atomic E-state index is 0.0817. The van der Waals surface area contributed by atoms with Crippen LogP contribution in [0.4, 0.5) is 10.1 Å². The first-order valence-electron chi connectivity index (χ1n) is 7.40. The number of aromatic nitrogens is 1. The highest BCUT2D eigenvalue weighted by Gasteiger charge is 2.21. The second-order valence-electron chi connectivity index (χ2n) is 5.38. The summed E-state index contributed by atoms with van der Waals surface area (Å²) in [7, 11) is 0. The maximum atomic E-state index is 13.6. The molecule has 3 rings (SSSR count). The molecular weight excluding hydrogens is 315 g/mol. The van der Waals surface area contributed by atoms with Gasteiger partial charge in [-0.3, -0.25) is 4.79 Å². The van der Waals surface area contributed by atoms with Gasteiger partial charge in [0.1, 0.15) is 17.5 Å². The number of hydrogen-bond donors (Lipinski definition) is 1. The SMILES string of the molecule is Cc1ccc(NC(=O)c2cccnc2OC2CCSC2)cc1F. The highest BCUT2D eigenvalue weighted by Crippen LogP contribution is 2.25. The molecule has 2 heterocycles. The fourth-order valence-electron chi connectivity index (χ4n) is 2.29. The molecule has 23 heavy (non-hydrogen) atoms. The molecule has 0 radical (unpaired) electrons. The predicted octanol–water partition coefficient (Wildman–Crippen LogP) is 3.67. The number of rotatable bonds is 4. The quantitative estimate of drug-likeness (QED) is 0.928. The first-order valence-corrected chi connectivity index (χ1v) is 8.56. The van der Waals surface area contributed by atoms with Crippen LogP contribution < -0.4 is 10.1 Å². The van der Waals surface area contributed by atoms with Crippen molar-refractivity contribution in [2.24, 2.45) is 0 Å². The van der Waals surface area contributed by atoms with Crippen molar-refractivity contribution < 1.29 is 13.9 Å². The van der Waals surface area contributed by atoms with Crippen LogP contribution >= 0.6 is 11.8 Å². The fraction of sp³-hybridized carbons (Fsp3) is 0.294. The number of halogens is 1. The molecule has 0 saturated carbocycles. The second kappa shape index (κ2) is 7.00. The maximum absolute atomic E-state index is 13.6. The minimum atomic E-state index is -0.359. The van der Waals surface area contributed by atoms with Gasteiger partial charge in [-0.25, -0.2) is 9.37 Å². The molecule has 1 aliphatic rings. The number of nitrogens with zero attached hydrogens (tertiary/aromatic N) is 1. The Balaban J connectivity index is 1.77. The molecule has 1 N–H and O–H groups in total. The van der Waals surface area contributed by atoms with Crippen molar-refractivity contribution in [2.75, 3.05) is 16.8 Å². The van der Waals surface area contributed by atoms with E-state index in [2.05, 4.69) is 10.3 Å². The minimum Gasteiger partial charge on any atom is -0.473 e. The molecule has 2 aromatic rings. The predicted molar refractivity (Wildman–Crippen MR) is 89.7 cm³/mol. The van der Waals surface area contributed by atoms with Crippen LogP contribution in [0.25, 0.3) is 0 Å². The van der Waals surface area contributed by atoms with Crippen LogP contribution in [0.5, 0.6) is 5.88 Å². The van der Waals surface area contributed by atoms with E-state index >= 15 is 0 Å². The highest BCUT2D eigenvalue weighted by molar-refractivity contribution is 7.99. The van der Waals surface area contributed by atoms with Crippen molar-refractivity contribution in [1.82, 2.24) is 4.98 Å². The van der Waals surface area contributed by atoms with Gasteiger partial charge in [0.2, 0.25) is 5.88 Å². The van der Waals surface area contributed by atoms with Crippen LogP contribution in [0.3, 0.4) is 0 Å². The summed E-state index contributed by atoms with van der Waals surface area (Å²) in [6.07, 6.45) is 2.63. The molecule has 0 spiro atoms. The van der Waals surface area contributed by atoms with Gasteiger partial charge >= 0.3 is 0 Å². The Kier molecular flexibility index (Phi) is 4.81. The summed E-state index contributed by atoms with van der Waals surface area (Å²) in [6, 6.07) is 7.94. The summed E-state index contributed by atoms with van der Waals surface area (Å²) in [6.45, 7) is 1.67. The summed E-state index contributed by atoms with van der Waals surface area (Å²) in [5.74, 6) is 1.57. The van der Waals surface area contributed by atoms with Crippen molar-refractivity contribution in [3.8, 4) is 5.88 Å². The van der Waals surface area contributed by atoms with Crippen molar-refractivity contribution in [1.29, 1.82) is 0 Å². The highest BCUT2D eigenvalue weighted by atomic mass is 32.2. The largest absolute Gasteiger partial charge is 0.473 e. The van der Waals surface area contributed by atoms with Gasteiger partial charge in [0.15, 0.2) is 0 Å². The van der Waals surface area contributed by atoms with Gasteiger partial charge in [-0.2, -0.15) is 11.8 Å². The third kappa shape index (κ3) is 3.82. The third-order valence-corrected chi connectivity index (χ3v) is 4.74. The first kappa shape index (κ1) is 15.8. The van der Waals surface area contributed by atoms with E-state index < -0.39 is 0 Å². The monoisotopic (exact) mass is 332 g/mol. The number of pyridine rings is 1. The lowest BCUT2D eigenvalue weighted by molar-refractivity contribution is 0.101. The summed E-state index contributed by atoms with van der Waals surface area (Å²) in [5.41, 5.74) is 1.29. The van der Waals surface area contributed by atoms with Crippen molar-refractivity contribution in [3.05, 3.63) is 53.5 Å². The molecule has 0 bridgehead atoms. The Morgan fingerprint density at radius 1 is 1.43 bits per heavy atom. The lowest BCUT2D eigenvalue weighted by atomic mass is 10.2. The molecule has 4 nitrogen and oxygen atoms in total. The van der Waals surface area contributed by atoms with E-state index in [1.54, 1.807) is 37.4 Å². The zero-order valence-electron chi connectivity index (χ0n) is 12.7. The van der Waals surface area contributed by atoms with E-state index in [9.17, 15) is 9.18 Å². The van der Waals surface area contributed by atoms with E-state index in [1.807, 2.05) is 11.8 Å². The Bertz CT molecular complexity index is 717. The molecule has 0 aliphatic carbocycles. The summed E-state index contributed by atoms with van der Waals surface area (Å²) < 4.78 is 19.4. The molecule has 1 amide bonds. The Labute approximate surface area is 138 Å². The van der Waals surface area contributed by atoms with Gasteiger partial charge in [-0.15, -0.1) is 0 Å². The molecule has 1 atom stereocenters. The number of benzene rings is 1. The number of carbonyl (C=O) groups excluding carboxylic acids is 1. The number of aryl methyl sites for hydroxylation is 1. The average molecular weight is 332 g/mol. The number of ether oxygens (including phenoxy) is 1. The van der Waals surface area contributed by atoms with E-state index in [-0.39, 0.29) is 17.8 Å².